The molecule has 0 bridgehead atoms. The molecule has 0 aliphatic heterocycles. The average Bonchev–Trinajstić information content (AvgIpc) is 3.13. The molecule has 0 radical (unpaired) electrons. The Kier molecular flexibility index (Phi) is 6.92. The number of nitrogen functional groups attached to an aromatic ring is 1. The maximum atomic E-state index is 12.5. The Balaban J connectivity index is 1.35. The molecule has 31 heavy (non-hydrogen) atoms. The van der Waals surface area contributed by atoms with E-state index in [2.05, 4.69) is 45.9 Å². The van der Waals surface area contributed by atoms with Crippen molar-refractivity contribution < 1.29 is 4.79 Å². The molecule has 2 aromatic carbocycles. The Morgan fingerprint density at radius 2 is 2.03 bits per heavy atom. The zero-order valence-electron chi connectivity index (χ0n) is 17.9. The van der Waals surface area contributed by atoms with Gasteiger partial charge in [0.05, 0.1) is 5.25 Å². The van der Waals surface area contributed by atoms with Crippen molar-refractivity contribution in [2.24, 2.45) is 0 Å². The van der Waals surface area contributed by atoms with Crippen LogP contribution in [0.3, 0.4) is 0 Å². The number of aromatic nitrogens is 3. The summed E-state index contributed by atoms with van der Waals surface area (Å²) in [6.45, 7) is 2.55. The summed E-state index contributed by atoms with van der Waals surface area (Å²) in [4.78, 5) is 12.5. The molecule has 162 valence electrons. The summed E-state index contributed by atoms with van der Waals surface area (Å²) in [5.41, 5.74) is 2.61. The summed E-state index contributed by atoms with van der Waals surface area (Å²) in [5, 5.41) is 14.2. The molecule has 0 saturated carbocycles. The van der Waals surface area contributed by atoms with E-state index < -0.39 is 0 Å². The number of nitrogens with two attached hydrogens (primary N) is 1. The quantitative estimate of drug-likeness (QED) is 0.314. The second-order valence-electron chi connectivity index (χ2n) is 7.99. The van der Waals surface area contributed by atoms with Crippen LogP contribution in [0.2, 0.25) is 0 Å². The van der Waals surface area contributed by atoms with Gasteiger partial charge < -0.3 is 11.2 Å². The van der Waals surface area contributed by atoms with E-state index in [9.17, 15) is 4.79 Å². The van der Waals surface area contributed by atoms with Crippen molar-refractivity contribution >= 4 is 28.4 Å². The summed E-state index contributed by atoms with van der Waals surface area (Å²) in [6.07, 6.45) is 8.72. The van der Waals surface area contributed by atoms with Gasteiger partial charge in [-0.2, -0.15) is 0 Å². The van der Waals surface area contributed by atoms with Crippen LogP contribution in [-0.2, 0) is 11.2 Å². The van der Waals surface area contributed by atoms with Gasteiger partial charge in [0.15, 0.2) is 5.82 Å². The first-order valence-corrected chi connectivity index (χ1v) is 11.8. The van der Waals surface area contributed by atoms with Gasteiger partial charge in [0.25, 0.3) is 0 Å². The van der Waals surface area contributed by atoms with Crippen LogP contribution in [0.1, 0.15) is 50.4 Å². The topological polar surface area (TPSA) is 85.8 Å². The number of thioether (sulfide) groups is 1. The van der Waals surface area contributed by atoms with Crippen LogP contribution in [0.5, 0.6) is 0 Å². The lowest BCUT2D eigenvalue weighted by Crippen LogP contribution is -2.32. The van der Waals surface area contributed by atoms with Crippen LogP contribution in [0.25, 0.3) is 10.8 Å². The van der Waals surface area contributed by atoms with Crippen LogP contribution < -0.4 is 11.2 Å². The number of hydrogen-bond donors (Lipinski definition) is 2. The molecule has 1 amide bonds. The summed E-state index contributed by atoms with van der Waals surface area (Å²) in [5.74, 6) is 6.95. The van der Waals surface area contributed by atoms with E-state index in [1.54, 1.807) is 0 Å². The van der Waals surface area contributed by atoms with Crippen molar-refractivity contribution in [2.45, 2.75) is 55.9 Å². The number of fused-ring (bicyclic) bond motifs is 1. The minimum atomic E-state index is -0.294. The van der Waals surface area contributed by atoms with Gasteiger partial charge in [-0.25, -0.2) is 4.68 Å². The van der Waals surface area contributed by atoms with Crippen LogP contribution in [0.15, 0.2) is 59.3 Å². The highest BCUT2D eigenvalue weighted by Gasteiger charge is 2.19. The predicted molar refractivity (Wildman–Crippen MR) is 126 cm³/mol. The normalized spacial score (nSPS) is 14.9. The second kappa shape index (κ2) is 10.0. The molecule has 4 rings (SSSR count). The SMILES string of the molecule is CC(Sc1nnc(Cc2cccc3ccccc23)n1N)C(=O)NCCC1=CCCCC1. The molecule has 1 aromatic heterocycles. The molecule has 3 N–H and O–H groups in total. The number of allylic oxidation sites excluding steroid dienone is 1. The van der Waals surface area contributed by atoms with Gasteiger partial charge in [0, 0.05) is 13.0 Å². The maximum Gasteiger partial charge on any atom is 0.233 e. The number of nitrogens with zero attached hydrogens (tertiary/aromatic N) is 3. The number of carbonyl (C=O) groups excluding carboxylic acids is 1. The number of amides is 1. The van der Waals surface area contributed by atoms with Crippen molar-refractivity contribution in [2.75, 3.05) is 12.4 Å². The van der Waals surface area contributed by atoms with Gasteiger partial charge in [-0.3, -0.25) is 4.79 Å². The highest BCUT2D eigenvalue weighted by Crippen LogP contribution is 2.24. The number of rotatable bonds is 8. The van der Waals surface area contributed by atoms with E-state index in [0.29, 0.717) is 23.9 Å². The van der Waals surface area contributed by atoms with Gasteiger partial charge >= 0.3 is 0 Å². The summed E-state index contributed by atoms with van der Waals surface area (Å²) >= 11 is 1.34. The van der Waals surface area contributed by atoms with E-state index in [-0.39, 0.29) is 11.2 Å². The number of hydrogen-bond acceptors (Lipinski definition) is 5. The third-order valence-electron chi connectivity index (χ3n) is 5.75. The fourth-order valence-corrected chi connectivity index (χ4v) is 4.77. The molecule has 1 aliphatic rings. The largest absolute Gasteiger partial charge is 0.355 e. The molecule has 6 nitrogen and oxygen atoms in total. The first-order chi connectivity index (χ1) is 15.1. The van der Waals surface area contributed by atoms with E-state index >= 15 is 0 Å². The van der Waals surface area contributed by atoms with Crippen molar-refractivity contribution in [3.8, 4) is 0 Å². The van der Waals surface area contributed by atoms with Gasteiger partial charge in [-0.05, 0) is 55.4 Å². The van der Waals surface area contributed by atoms with Gasteiger partial charge in [0.1, 0.15) is 0 Å². The van der Waals surface area contributed by atoms with E-state index in [0.717, 1.165) is 18.4 Å². The first-order valence-electron chi connectivity index (χ1n) is 10.9. The Bertz CT molecular complexity index is 1090. The molecule has 1 heterocycles. The second-order valence-corrected chi connectivity index (χ2v) is 9.30. The van der Waals surface area contributed by atoms with Gasteiger partial charge in [-0.15, -0.1) is 10.2 Å². The zero-order chi connectivity index (χ0) is 21.6. The minimum Gasteiger partial charge on any atom is -0.355 e. The lowest BCUT2D eigenvalue weighted by atomic mass is 9.97. The maximum absolute atomic E-state index is 12.5. The van der Waals surface area contributed by atoms with Crippen molar-refractivity contribution in [1.82, 2.24) is 20.2 Å². The highest BCUT2D eigenvalue weighted by molar-refractivity contribution is 8.00. The Labute approximate surface area is 187 Å². The molecule has 0 fully saturated rings. The molecule has 1 aliphatic carbocycles. The number of benzene rings is 2. The molecule has 3 aromatic rings. The van der Waals surface area contributed by atoms with Crippen LogP contribution in [0.4, 0.5) is 0 Å². The molecule has 7 heteroatoms. The molecule has 1 atom stereocenters. The molecule has 0 spiro atoms. The zero-order valence-corrected chi connectivity index (χ0v) is 18.7. The number of nitrogens with one attached hydrogen (secondary N) is 1. The smallest absolute Gasteiger partial charge is 0.233 e. The lowest BCUT2D eigenvalue weighted by molar-refractivity contribution is -0.120. The summed E-state index contributed by atoms with van der Waals surface area (Å²) < 4.78 is 1.50. The van der Waals surface area contributed by atoms with Gasteiger partial charge in [-0.1, -0.05) is 65.9 Å². The van der Waals surface area contributed by atoms with Crippen molar-refractivity contribution in [1.29, 1.82) is 0 Å². The third kappa shape index (κ3) is 5.28. The average molecular weight is 436 g/mol. The molecular formula is C24H29N5OS. The minimum absolute atomic E-state index is 0.0000119. The fraction of sp³-hybridized carbons (Fsp3) is 0.375. The third-order valence-corrected chi connectivity index (χ3v) is 6.80. The summed E-state index contributed by atoms with van der Waals surface area (Å²) in [6, 6.07) is 14.5. The molecule has 0 saturated heterocycles. The standard InChI is InChI=1S/C24H29N5OS/c1-17(23(30)26-15-14-18-8-3-2-4-9-18)31-24-28-27-22(29(24)25)16-20-12-7-11-19-10-5-6-13-21(19)20/h5-8,10-13,17H,2-4,9,14-16,25H2,1H3,(H,26,30). The highest BCUT2D eigenvalue weighted by atomic mass is 32.2. The van der Waals surface area contributed by atoms with Crippen LogP contribution >= 0.6 is 11.8 Å². The van der Waals surface area contributed by atoms with Crippen molar-refractivity contribution in [3.05, 3.63) is 65.5 Å². The molecule has 1 unspecified atom stereocenters. The van der Waals surface area contributed by atoms with Gasteiger partial charge in [0.2, 0.25) is 11.1 Å². The number of carbonyl (C=O) groups is 1. The lowest BCUT2D eigenvalue weighted by Gasteiger charge is -2.14. The Morgan fingerprint density at radius 1 is 1.19 bits per heavy atom. The predicted octanol–water partition coefficient (Wildman–Crippen LogP) is 4.22. The summed E-state index contributed by atoms with van der Waals surface area (Å²) in [7, 11) is 0. The monoisotopic (exact) mass is 435 g/mol. The van der Waals surface area contributed by atoms with E-state index in [1.165, 1.54) is 52.0 Å². The van der Waals surface area contributed by atoms with E-state index in [1.807, 2.05) is 25.1 Å². The van der Waals surface area contributed by atoms with Crippen molar-refractivity contribution in [3.63, 3.8) is 0 Å². The Hall–Kier alpha value is -2.80. The molecular weight excluding hydrogens is 406 g/mol. The van der Waals surface area contributed by atoms with Crippen LogP contribution in [-0.4, -0.2) is 32.6 Å². The fourth-order valence-electron chi connectivity index (χ4n) is 3.96. The van der Waals surface area contributed by atoms with E-state index in [4.69, 9.17) is 5.84 Å². The Morgan fingerprint density at radius 3 is 2.87 bits per heavy atom. The first kappa shape index (κ1) is 21.4. The van der Waals surface area contributed by atoms with Crippen LogP contribution in [0, 0.1) is 0 Å².